The molecule has 1 N–H and O–H groups in total. The minimum atomic E-state index is -3.42. The van der Waals surface area contributed by atoms with E-state index in [1.165, 1.54) is 39.9 Å². The van der Waals surface area contributed by atoms with E-state index in [2.05, 4.69) is 22.8 Å². The van der Waals surface area contributed by atoms with Gasteiger partial charge in [-0.05, 0) is 59.5 Å². The Hall–Kier alpha value is -2.69. The van der Waals surface area contributed by atoms with Gasteiger partial charge in [-0.3, -0.25) is 4.79 Å². The van der Waals surface area contributed by atoms with E-state index < -0.39 is 9.84 Å². The van der Waals surface area contributed by atoms with Gasteiger partial charge in [-0.25, -0.2) is 8.42 Å². The van der Waals surface area contributed by atoms with E-state index in [9.17, 15) is 13.2 Å². The molecule has 0 fully saturated rings. The van der Waals surface area contributed by atoms with Crippen LogP contribution in [0.2, 0.25) is 0 Å². The zero-order valence-corrected chi connectivity index (χ0v) is 16.9. The summed E-state index contributed by atoms with van der Waals surface area (Å²) in [4.78, 5) is 12.5. The van der Waals surface area contributed by atoms with Crippen LogP contribution in [-0.4, -0.2) is 26.6 Å². The summed E-state index contributed by atoms with van der Waals surface area (Å²) in [6.07, 6.45) is 1.25. The highest BCUT2D eigenvalue weighted by molar-refractivity contribution is 7.91. The van der Waals surface area contributed by atoms with Gasteiger partial charge < -0.3 is 5.32 Å². The molecule has 144 valence electrons. The maximum absolute atomic E-state index is 12.3. The molecule has 28 heavy (non-hydrogen) atoms. The number of hydrogen-bond donors (Lipinski definition) is 1. The van der Waals surface area contributed by atoms with Crippen molar-refractivity contribution in [3.63, 3.8) is 0 Å². The summed E-state index contributed by atoms with van der Waals surface area (Å²) in [5.41, 5.74) is 1.63. The molecule has 0 saturated carbocycles. The number of sulfone groups is 1. The summed E-state index contributed by atoms with van der Waals surface area (Å²) < 4.78 is 25.6. The van der Waals surface area contributed by atoms with Crippen molar-refractivity contribution in [2.75, 3.05) is 12.3 Å². The van der Waals surface area contributed by atoms with Gasteiger partial charge in [-0.1, -0.05) is 18.2 Å². The van der Waals surface area contributed by atoms with Gasteiger partial charge in [0.15, 0.2) is 9.84 Å². The number of amides is 1. The fourth-order valence-corrected chi connectivity index (χ4v) is 5.22. The zero-order chi connectivity index (χ0) is 20.0. The van der Waals surface area contributed by atoms with E-state index in [0.29, 0.717) is 18.5 Å². The number of thiophene rings is 1. The number of benzene rings is 2. The molecule has 0 aliphatic heterocycles. The Morgan fingerprint density at radius 2 is 1.86 bits per heavy atom. The summed E-state index contributed by atoms with van der Waals surface area (Å²) in [6, 6.07) is 16.1. The summed E-state index contributed by atoms with van der Waals surface area (Å²) >= 11 is 1.69. The van der Waals surface area contributed by atoms with E-state index in [1.807, 2.05) is 18.2 Å². The smallest absolute Gasteiger partial charge is 0.251 e. The fraction of sp³-hybridized carbons (Fsp3) is 0.238. The summed E-state index contributed by atoms with van der Waals surface area (Å²) in [5.74, 6) is -0.297. The van der Waals surface area contributed by atoms with Crippen LogP contribution in [0.5, 0.6) is 0 Å². The Labute approximate surface area is 168 Å². The van der Waals surface area contributed by atoms with Crippen molar-refractivity contribution < 1.29 is 13.2 Å². The lowest BCUT2D eigenvalue weighted by molar-refractivity contribution is 0.0954. The van der Waals surface area contributed by atoms with Crippen molar-refractivity contribution in [1.82, 2.24) is 5.32 Å². The Morgan fingerprint density at radius 1 is 1.11 bits per heavy atom. The van der Waals surface area contributed by atoms with Crippen LogP contribution in [0.25, 0.3) is 10.1 Å². The highest BCUT2D eigenvalue weighted by Crippen LogP contribution is 2.25. The molecule has 0 bridgehead atoms. The van der Waals surface area contributed by atoms with Crippen LogP contribution in [0, 0.1) is 11.3 Å². The molecular formula is C21H20N2O3S2. The number of nitriles is 1. The van der Waals surface area contributed by atoms with Crippen molar-refractivity contribution in [1.29, 1.82) is 5.26 Å². The second-order valence-electron chi connectivity index (χ2n) is 6.37. The first-order valence-electron chi connectivity index (χ1n) is 8.94. The van der Waals surface area contributed by atoms with E-state index in [-0.39, 0.29) is 23.0 Å². The molecule has 0 aliphatic rings. The SMILES string of the molecule is N#CCCCS(=O)(=O)c1ccc(C(=O)NCCc2csc3ccccc23)cc1. The lowest BCUT2D eigenvalue weighted by atomic mass is 10.1. The fourth-order valence-electron chi connectivity index (χ4n) is 2.91. The van der Waals surface area contributed by atoms with E-state index in [0.717, 1.165) is 6.42 Å². The van der Waals surface area contributed by atoms with E-state index >= 15 is 0 Å². The highest BCUT2D eigenvalue weighted by atomic mass is 32.2. The summed E-state index contributed by atoms with van der Waals surface area (Å²) in [5, 5.41) is 14.7. The molecule has 1 amide bonds. The van der Waals surface area contributed by atoms with E-state index in [4.69, 9.17) is 5.26 Å². The number of hydrogen-bond acceptors (Lipinski definition) is 5. The molecule has 0 spiro atoms. The number of fused-ring (bicyclic) bond motifs is 1. The Balaban J connectivity index is 1.57. The lowest BCUT2D eigenvalue weighted by Crippen LogP contribution is -2.25. The molecule has 0 atom stereocenters. The number of carbonyl (C=O) groups excluding carboxylic acids is 1. The van der Waals surface area contributed by atoms with Crippen molar-refractivity contribution in [2.45, 2.75) is 24.2 Å². The minimum Gasteiger partial charge on any atom is -0.352 e. The van der Waals surface area contributed by atoms with Crippen LogP contribution in [0.15, 0.2) is 58.8 Å². The number of rotatable bonds is 8. The normalized spacial score (nSPS) is 11.2. The van der Waals surface area contributed by atoms with Gasteiger partial charge in [0.05, 0.1) is 16.7 Å². The summed E-state index contributed by atoms with van der Waals surface area (Å²) in [6.45, 7) is 0.508. The van der Waals surface area contributed by atoms with Crippen molar-refractivity contribution >= 4 is 37.2 Å². The molecule has 5 nitrogen and oxygen atoms in total. The number of carbonyl (C=O) groups is 1. The quantitative estimate of drug-likeness (QED) is 0.568. The monoisotopic (exact) mass is 412 g/mol. The first kappa shape index (κ1) is 20.1. The topological polar surface area (TPSA) is 87.0 Å². The van der Waals surface area contributed by atoms with Crippen molar-refractivity contribution in [3.8, 4) is 6.07 Å². The molecule has 1 aromatic heterocycles. The largest absolute Gasteiger partial charge is 0.352 e. The third-order valence-electron chi connectivity index (χ3n) is 4.42. The maximum Gasteiger partial charge on any atom is 0.251 e. The van der Waals surface area contributed by atoms with Gasteiger partial charge in [0.25, 0.3) is 5.91 Å². The summed E-state index contributed by atoms with van der Waals surface area (Å²) in [7, 11) is -3.42. The van der Waals surface area contributed by atoms with Gasteiger partial charge in [0.2, 0.25) is 0 Å². The van der Waals surface area contributed by atoms with Crippen molar-refractivity contribution in [2.24, 2.45) is 0 Å². The first-order chi connectivity index (χ1) is 13.5. The number of nitrogens with one attached hydrogen (secondary N) is 1. The predicted octanol–water partition coefficient (Wildman–Crippen LogP) is 3.95. The average Bonchev–Trinajstić information content (AvgIpc) is 3.11. The Bertz CT molecular complexity index is 1110. The van der Waals surface area contributed by atoms with Crippen LogP contribution in [0.3, 0.4) is 0 Å². The predicted molar refractivity (Wildman–Crippen MR) is 111 cm³/mol. The Morgan fingerprint density at radius 3 is 2.61 bits per heavy atom. The molecule has 0 saturated heterocycles. The number of unbranched alkanes of at least 4 members (excludes halogenated alkanes) is 1. The lowest BCUT2D eigenvalue weighted by Gasteiger charge is -2.07. The van der Waals surface area contributed by atoms with Gasteiger partial charge in [-0.15, -0.1) is 11.3 Å². The Kier molecular flexibility index (Phi) is 6.45. The zero-order valence-electron chi connectivity index (χ0n) is 15.2. The molecule has 0 unspecified atom stereocenters. The van der Waals surface area contributed by atoms with Gasteiger partial charge in [0.1, 0.15) is 0 Å². The first-order valence-corrected chi connectivity index (χ1v) is 11.5. The van der Waals surface area contributed by atoms with Crippen LogP contribution in [-0.2, 0) is 16.3 Å². The molecule has 0 radical (unpaired) electrons. The second kappa shape index (κ2) is 9.00. The van der Waals surface area contributed by atoms with Crippen molar-refractivity contribution in [3.05, 3.63) is 65.0 Å². The molecule has 0 aliphatic carbocycles. The molecule has 3 aromatic rings. The average molecular weight is 413 g/mol. The molecule has 2 aromatic carbocycles. The van der Waals surface area contributed by atoms with Gasteiger partial charge in [-0.2, -0.15) is 5.26 Å². The standard InChI is InChI=1S/C21H20N2O3S2/c22-12-3-4-14-28(25,26)18-9-7-16(8-10-18)21(24)23-13-11-17-15-27-20-6-2-1-5-19(17)20/h1-2,5-10,15H,3-4,11,13-14H2,(H,23,24). The molecular weight excluding hydrogens is 392 g/mol. The van der Waals surface area contributed by atoms with Gasteiger partial charge >= 0.3 is 0 Å². The highest BCUT2D eigenvalue weighted by Gasteiger charge is 2.15. The molecule has 1 heterocycles. The van der Waals surface area contributed by atoms with Crippen LogP contribution in [0.1, 0.15) is 28.8 Å². The number of nitrogens with zero attached hydrogens (tertiary/aromatic N) is 1. The van der Waals surface area contributed by atoms with E-state index in [1.54, 1.807) is 11.3 Å². The molecule has 3 rings (SSSR count). The molecule has 7 heteroatoms. The second-order valence-corrected chi connectivity index (χ2v) is 9.39. The third kappa shape index (κ3) is 4.77. The van der Waals surface area contributed by atoms with Gasteiger partial charge in [0, 0.05) is 23.2 Å². The minimum absolute atomic E-state index is 0.0687. The maximum atomic E-state index is 12.3. The third-order valence-corrected chi connectivity index (χ3v) is 7.25. The van der Waals surface area contributed by atoms with Crippen LogP contribution >= 0.6 is 11.3 Å². The van der Waals surface area contributed by atoms with Crippen LogP contribution in [0.4, 0.5) is 0 Å². The van der Waals surface area contributed by atoms with Crippen LogP contribution < -0.4 is 5.32 Å².